The van der Waals surface area contributed by atoms with Gasteiger partial charge < -0.3 is 38.3 Å². The van der Waals surface area contributed by atoms with Gasteiger partial charge >= 0.3 is 17.3 Å². The lowest BCUT2D eigenvalue weighted by Gasteiger charge is -2.54. The summed E-state index contributed by atoms with van der Waals surface area (Å²) in [6.07, 6.45) is 30.9. The molecule has 6 unspecified atom stereocenters. The molecule has 13 rings (SSSR count). The van der Waals surface area contributed by atoms with E-state index in [9.17, 15) is 29.1 Å². The average Bonchev–Trinajstić information content (AvgIpc) is 0.784. The van der Waals surface area contributed by atoms with Crippen LogP contribution >= 0.6 is 24.0 Å². The standard InChI is InChI=1S/C29H40N4O3.C27H35N3O3.C6H15N.C5H9ClO2.C5H11NO.C3H8O.ClH/c1-31(36-2)28(34)27-29(35)33(26-13-6-5-12-25(26)30-27)24-17-21-10-7-11-22(18-24)32(21)23-15-19-8-3-4-9-20(14-19)16-23;31-26-25(27(32)33)28-23-10-3-4-11-24(23)30(26)22-15-19-8-5-9-20(16-22)29(19)21-13-17-6-1-2-7-18(12-17)14-21;1-4-7(5-2)6-3;1-4(2)3-8-5(6)7;1-6-2-4-7-5-3-6;1-3-4-2;/h5-6,12-13,19-24H,3-4,7-11,14-18H2,1-2H3;3-4,10-11,17-22H,1-2,5-9,12-16H2,(H,32,33);4-6H2,1-3H3;4H,3H2,1-2H3;2-5H2,1H3;3H2,1-2H3;1H/t19?,20?,21-,22+,23?,24?;17?,18?,19-,20+,21?,22?;;;;;. The molecule has 4 aliphatic carbocycles. The molecule has 5 aliphatic heterocycles. The van der Waals surface area contributed by atoms with Gasteiger partial charge in [-0.1, -0.05) is 123 Å². The van der Waals surface area contributed by atoms with E-state index in [1.165, 1.54) is 162 Å². The highest BCUT2D eigenvalue weighted by atomic mass is 35.5. The fraction of sp³-hybridized carbons (Fsp3) is 0.747. The number of likely N-dealkylation sites (N-methyl/N-ethyl adjacent to an activating group) is 1. The van der Waals surface area contributed by atoms with Crippen molar-refractivity contribution in [1.82, 2.24) is 43.8 Å². The molecule has 1 N–H and O–H groups in total. The summed E-state index contributed by atoms with van der Waals surface area (Å²) in [6.45, 7) is 21.2. The number of amides is 1. The molecule has 538 valence electrons. The van der Waals surface area contributed by atoms with Gasteiger partial charge in [-0.25, -0.2) is 24.6 Å². The van der Waals surface area contributed by atoms with Gasteiger partial charge in [-0.2, -0.15) is 0 Å². The number of piperidine rings is 4. The Morgan fingerprint density at radius 1 is 0.583 bits per heavy atom. The highest BCUT2D eigenvalue weighted by molar-refractivity contribution is 6.61. The van der Waals surface area contributed by atoms with Crippen LogP contribution in [0.4, 0.5) is 4.79 Å². The van der Waals surface area contributed by atoms with E-state index in [1.54, 1.807) is 11.7 Å². The van der Waals surface area contributed by atoms with Gasteiger partial charge in [0.2, 0.25) is 5.69 Å². The number of carboxylic acid groups (broad SMARTS) is 1. The van der Waals surface area contributed by atoms with Gasteiger partial charge in [-0.3, -0.25) is 29.0 Å². The van der Waals surface area contributed by atoms with Gasteiger partial charge in [0.1, 0.15) is 0 Å². The molecule has 19 nitrogen and oxygen atoms in total. The Hall–Kier alpha value is -4.57. The predicted molar refractivity (Wildman–Crippen MR) is 386 cm³/mol. The fourth-order valence-corrected chi connectivity index (χ4v) is 17.8. The number of para-hydroxylation sites is 4. The van der Waals surface area contributed by atoms with Crippen molar-refractivity contribution in [2.45, 2.75) is 244 Å². The molecule has 8 bridgehead atoms. The van der Waals surface area contributed by atoms with Crippen molar-refractivity contribution in [3.63, 3.8) is 0 Å². The molecule has 0 radical (unpaired) electrons. The van der Waals surface area contributed by atoms with Crippen LogP contribution in [0.3, 0.4) is 0 Å². The molecule has 21 heteroatoms. The van der Waals surface area contributed by atoms with Gasteiger partial charge in [-0.15, -0.1) is 12.4 Å². The Kier molecular flexibility index (Phi) is 32.4. The van der Waals surface area contributed by atoms with Crippen LogP contribution in [-0.2, 0) is 19.0 Å². The largest absolute Gasteiger partial charge is 0.476 e. The van der Waals surface area contributed by atoms with Crippen molar-refractivity contribution in [2.75, 3.05) is 87.5 Å². The first kappa shape index (κ1) is 78.8. The minimum Gasteiger partial charge on any atom is -0.476 e. The molecule has 10 atom stereocenters. The Morgan fingerprint density at radius 3 is 1.28 bits per heavy atom. The summed E-state index contributed by atoms with van der Waals surface area (Å²) >= 11 is 4.86. The van der Waals surface area contributed by atoms with Crippen molar-refractivity contribution in [2.24, 2.45) is 29.6 Å². The van der Waals surface area contributed by atoms with Crippen LogP contribution in [0.25, 0.3) is 22.1 Å². The van der Waals surface area contributed by atoms with Gasteiger partial charge in [0.25, 0.3) is 11.1 Å². The zero-order valence-electron chi connectivity index (χ0n) is 59.9. The quantitative estimate of drug-likeness (QED) is 0.0980. The second-order valence-corrected chi connectivity index (χ2v) is 29.3. The molecular weight excluding hydrogens is 1260 g/mol. The van der Waals surface area contributed by atoms with E-state index in [1.807, 2.05) is 73.9 Å². The maximum atomic E-state index is 13.8. The third-order valence-electron chi connectivity index (χ3n) is 22.2. The smallest absolute Gasteiger partial charge is 0.403 e. The van der Waals surface area contributed by atoms with E-state index >= 15 is 0 Å². The predicted octanol–water partition coefficient (Wildman–Crippen LogP) is 14.3. The number of aromatic carboxylic acids is 1. The Bertz CT molecular complexity index is 3100. The summed E-state index contributed by atoms with van der Waals surface area (Å²) < 4.78 is 17.8. The number of aromatic nitrogens is 4. The van der Waals surface area contributed by atoms with Crippen LogP contribution < -0.4 is 11.1 Å². The monoisotopic (exact) mass is 1380 g/mol. The molecule has 9 fully saturated rings. The summed E-state index contributed by atoms with van der Waals surface area (Å²) in [4.78, 5) is 86.0. The summed E-state index contributed by atoms with van der Waals surface area (Å²) in [5.41, 5.74) is 1.03. The van der Waals surface area contributed by atoms with Crippen LogP contribution in [0.5, 0.6) is 0 Å². The first-order chi connectivity index (χ1) is 45.9. The fourth-order valence-electron chi connectivity index (χ4n) is 17.7. The van der Waals surface area contributed by atoms with Crippen LogP contribution in [0.15, 0.2) is 58.1 Å². The molecule has 5 saturated heterocycles. The van der Waals surface area contributed by atoms with Gasteiger partial charge in [0, 0.05) is 93.8 Å². The van der Waals surface area contributed by atoms with Crippen molar-refractivity contribution in [3.8, 4) is 0 Å². The number of carbonyl (C=O) groups is 3. The van der Waals surface area contributed by atoms with E-state index in [0.29, 0.717) is 59.8 Å². The Labute approximate surface area is 584 Å². The van der Waals surface area contributed by atoms with E-state index < -0.39 is 22.9 Å². The lowest BCUT2D eigenvalue weighted by atomic mass is 9.73. The topological polar surface area (TPSA) is 194 Å². The van der Waals surface area contributed by atoms with Crippen molar-refractivity contribution in [3.05, 3.63) is 80.6 Å². The number of halogens is 2. The van der Waals surface area contributed by atoms with E-state index in [4.69, 9.17) is 21.2 Å². The number of hydroxylamine groups is 2. The number of morpholine rings is 1. The van der Waals surface area contributed by atoms with Crippen molar-refractivity contribution >= 4 is 63.4 Å². The number of hydrogen-bond acceptors (Lipinski definition) is 15. The summed E-state index contributed by atoms with van der Waals surface area (Å²) in [6, 6.07) is 18.8. The Morgan fingerprint density at radius 2 is 0.969 bits per heavy atom. The number of rotatable bonds is 13. The first-order valence-electron chi connectivity index (χ1n) is 36.8. The second kappa shape index (κ2) is 39.4. The number of benzene rings is 2. The second-order valence-electron chi connectivity index (χ2n) is 29.0. The molecule has 2 aromatic heterocycles. The van der Waals surface area contributed by atoms with Crippen LogP contribution in [-0.4, -0.2) is 190 Å². The Balaban J connectivity index is 0.000000197. The van der Waals surface area contributed by atoms with E-state index in [2.05, 4.69) is 66.9 Å². The third kappa shape index (κ3) is 21.2. The first-order valence-corrected chi connectivity index (χ1v) is 37.2. The van der Waals surface area contributed by atoms with Crippen LogP contribution in [0, 0.1) is 29.6 Å². The maximum Gasteiger partial charge on any atom is 0.403 e. The normalized spacial score (nSPS) is 27.9. The average molecular weight is 1380 g/mol. The number of hydrogen-bond donors (Lipinski definition) is 1. The summed E-state index contributed by atoms with van der Waals surface area (Å²) in [5.74, 6) is 2.25. The number of methoxy groups -OCH3 is 1. The third-order valence-corrected chi connectivity index (χ3v) is 22.3. The molecule has 96 heavy (non-hydrogen) atoms. The number of fused-ring (bicyclic) bond motifs is 10. The lowest BCUT2D eigenvalue weighted by molar-refractivity contribution is -0.0762. The molecule has 7 heterocycles. The molecule has 2 aromatic carbocycles. The highest BCUT2D eigenvalue weighted by Gasteiger charge is 2.47. The molecule has 9 aliphatic rings. The summed E-state index contributed by atoms with van der Waals surface area (Å²) in [7, 11) is 6.74. The van der Waals surface area contributed by atoms with Gasteiger partial charge in [0.05, 0.1) is 49.0 Å². The summed E-state index contributed by atoms with van der Waals surface area (Å²) in [5, 5.41) is 10.7. The van der Waals surface area contributed by atoms with Crippen molar-refractivity contribution < 1.29 is 38.5 Å². The van der Waals surface area contributed by atoms with Crippen LogP contribution in [0.2, 0.25) is 0 Å². The number of ether oxygens (including phenoxy) is 3. The van der Waals surface area contributed by atoms with Crippen molar-refractivity contribution in [1.29, 1.82) is 0 Å². The maximum absolute atomic E-state index is 13.8. The molecule has 4 aromatic rings. The molecule has 0 spiro atoms. The zero-order valence-corrected chi connectivity index (χ0v) is 61.5. The lowest BCUT2D eigenvalue weighted by Crippen LogP contribution is -2.58. The zero-order chi connectivity index (χ0) is 68.1. The minimum absolute atomic E-state index is 0. The van der Waals surface area contributed by atoms with Crippen LogP contribution in [0.1, 0.15) is 229 Å². The number of carboxylic acids is 1. The molecule has 4 saturated carbocycles. The molecular formula is C75H119Cl2N9O10. The van der Waals surface area contributed by atoms with Gasteiger partial charge in [0.15, 0.2) is 5.69 Å². The number of nitrogens with zero attached hydrogens (tertiary/aromatic N) is 9. The minimum atomic E-state index is -1.23. The number of carbonyl (C=O) groups excluding carboxylic acids is 2. The van der Waals surface area contributed by atoms with E-state index in [-0.39, 0.29) is 41.4 Å². The highest BCUT2D eigenvalue weighted by Crippen LogP contribution is 2.49. The van der Waals surface area contributed by atoms with E-state index in [0.717, 1.165) is 98.4 Å². The molecule has 1 amide bonds. The van der Waals surface area contributed by atoms with Gasteiger partial charge in [-0.05, 0) is 177 Å². The SMILES string of the molecule is CC(C)COC(=O)Cl.CCN(CC)CC.CCOC.CN1CCOCC1.CON(C)C(=O)c1nc2ccccc2n(C2C[C@H]3CCC[C@@H](C2)N3C2CC3CCCCC(C3)C2)c1=O.Cl.O=C(O)c1nc2ccccc2n(C2C[C@H]3CCC[C@@H](C2)N3C2CC3CCCCC(C3)C2)c1=O.